The number of hydrogen-bond donors (Lipinski definition) is 0. The van der Waals surface area contributed by atoms with Gasteiger partial charge in [0.1, 0.15) is 18.0 Å². The van der Waals surface area contributed by atoms with Gasteiger partial charge >= 0.3 is 0 Å². The van der Waals surface area contributed by atoms with Gasteiger partial charge in [-0.05, 0) is 42.3 Å². The van der Waals surface area contributed by atoms with E-state index in [-0.39, 0.29) is 18.1 Å². The van der Waals surface area contributed by atoms with Crippen LogP contribution in [0.3, 0.4) is 0 Å². The Morgan fingerprint density at radius 3 is 2.73 bits per heavy atom. The number of amides is 1. The second-order valence-electron chi connectivity index (χ2n) is 6.51. The minimum absolute atomic E-state index is 0.0249. The van der Waals surface area contributed by atoms with Crippen LogP contribution in [0.5, 0.6) is 0 Å². The summed E-state index contributed by atoms with van der Waals surface area (Å²) in [6.07, 6.45) is 1.79. The van der Waals surface area contributed by atoms with Gasteiger partial charge in [0, 0.05) is 26.2 Å². The number of aromatic nitrogens is 4. The molecule has 0 radical (unpaired) electrons. The topological polar surface area (TPSA) is 66.6 Å². The fourth-order valence-electron chi connectivity index (χ4n) is 3.27. The number of benzene rings is 1. The van der Waals surface area contributed by atoms with Gasteiger partial charge in [-0.3, -0.25) is 4.79 Å². The standard InChI is InChI=1S/C18H19FN6O/c1-13-8-14(10-15(19)9-13)11-18(26)24-6-4-23(5-7-24)17-3-2-16-21-20-12-25(16)22-17/h2-3,8-10,12H,4-7,11H2,1H3. The van der Waals surface area contributed by atoms with Crippen LogP contribution in [0.25, 0.3) is 5.65 Å². The Balaban J connectivity index is 1.38. The van der Waals surface area contributed by atoms with Crippen LogP contribution in [0, 0.1) is 12.7 Å². The molecule has 0 atom stereocenters. The first-order valence-electron chi connectivity index (χ1n) is 8.54. The van der Waals surface area contributed by atoms with Gasteiger partial charge in [-0.25, -0.2) is 4.39 Å². The molecule has 4 rings (SSSR count). The van der Waals surface area contributed by atoms with Crippen LogP contribution >= 0.6 is 0 Å². The number of anilines is 1. The molecule has 7 nitrogen and oxygen atoms in total. The Morgan fingerprint density at radius 1 is 1.15 bits per heavy atom. The summed E-state index contributed by atoms with van der Waals surface area (Å²) < 4.78 is 15.1. The van der Waals surface area contributed by atoms with Gasteiger partial charge in [0.25, 0.3) is 0 Å². The van der Waals surface area contributed by atoms with E-state index in [0.29, 0.717) is 31.8 Å². The van der Waals surface area contributed by atoms with Crippen molar-refractivity contribution in [1.29, 1.82) is 0 Å². The van der Waals surface area contributed by atoms with Crippen LogP contribution in [0.1, 0.15) is 11.1 Å². The lowest BCUT2D eigenvalue weighted by Crippen LogP contribution is -2.49. The maximum atomic E-state index is 13.5. The lowest BCUT2D eigenvalue weighted by Gasteiger charge is -2.35. The molecule has 1 saturated heterocycles. The summed E-state index contributed by atoms with van der Waals surface area (Å²) >= 11 is 0. The van der Waals surface area contributed by atoms with Crippen molar-refractivity contribution >= 4 is 17.4 Å². The highest BCUT2D eigenvalue weighted by molar-refractivity contribution is 5.79. The summed E-state index contributed by atoms with van der Waals surface area (Å²) in [5.74, 6) is 0.565. The Bertz CT molecular complexity index is 928. The number of piperazine rings is 1. The normalized spacial score (nSPS) is 14.8. The van der Waals surface area contributed by atoms with E-state index in [2.05, 4.69) is 20.2 Å². The van der Waals surface area contributed by atoms with Crippen molar-refractivity contribution in [3.63, 3.8) is 0 Å². The molecule has 1 aromatic carbocycles. The van der Waals surface area contributed by atoms with Crippen molar-refractivity contribution in [2.75, 3.05) is 31.1 Å². The molecule has 1 aliphatic rings. The van der Waals surface area contributed by atoms with Crippen LogP contribution in [0.4, 0.5) is 10.2 Å². The van der Waals surface area contributed by atoms with Gasteiger partial charge in [-0.1, -0.05) is 6.07 Å². The van der Waals surface area contributed by atoms with Gasteiger partial charge < -0.3 is 9.80 Å². The van der Waals surface area contributed by atoms with Crippen LogP contribution in [0.2, 0.25) is 0 Å². The van der Waals surface area contributed by atoms with Crippen molar-refractivity contribution < 1.29 is 9.18 Å². The largest absolute Gasteiger partial charge is 0.352 e. The van der Waals surface area contributed by atoms with Crippen molar-refractivity contribution in [3.05, 3.63) is 53.6 Å². The van der Waals surface area contributed by atoms with Crippen molar-refractivity contribution in [2.24, 2.45) is 0 Å². The Kier molecular flexibility index (Phi) is 4.24. The smallest absolute Gasteiger partial charge is 0.227 e. The molecule has 3 aromatic rings. The lowest BCUT2D eigenvalue weighted by atomic mass is 10.1. The zero-order chi connectivity index (χ0) is 18.1. The number of nitrogens with zero attached hydrogens (tertiary/aromatic N) is 6. The van der Waals surface area contributed by atoms with E-state index in [1.165, 1.54) is 12.1 Å². The van der Waals surface area contributed by atoms with E-state index in [1.54, 1.807) is 10.8 Å². The summed E-state index contributed by atoms with van der Waals surface area (Å²) in [5.41, 5.74) is 2.25. The molecule has 3 heterocycles. The minimum Gasteiger partial charge on any atom is -0.352 e. The molecule has 134 valence electrons. The zero-order valence-corrected chi connectivity index (χ0v) is 14.5. The number of hydrogen-bond acceptors (Lipinski definition) is 5. The number of rotatable bonds is 3. The molecule has 1 aliphatic heterocycles. The molecular formula is C18H19FN6O. The monoisotopic (exact) mass is 354 g/mol. The molecule has 26 heavy (non-hydrogen) atoms. The van der Waals surface area contributed by atoms with Crippen molar-refractivity contribution in [1.82, 2.24) is 24.7 Å². The van der Waals surface area contributed by atoms with Gasteiger partial charge in [0.2, 0.25) is 5.91 Å². The third kappa shape index (κ3) is 3.35. The zero-order valence-electron chi connectivity index (χ0n) is 14.5. The summed E-state index contributed by atoms with van der Waals surface area (Å²) in [5, 5.41) is 12.3. The third-order valence-corrected chi connectivity index (χ3v) is 4.56. The predicted octanol–water partition coefficient (Wildman–Crippen LogP) is 1.46. The maximum Gasteiger partial charge on any atom is 0.227 e. The number of carbonyl (C=O) groups is 1. The van der Waals surface area contributed by atoms with Crippen LogP contribution in [0.15, 0.2) is 36.7 Å². The van der Waals surface area contributed by atoms with Gasteiger partial charge in [-0.2, -0.15) is 4.52 Å². The second-order valence-corrected chi connectivity index (χ2v) is 6.51. The molecule has 0 bridgehead atoms. The summed E-state index contributed by atoms with van der Waals surface area (Å²) in [7, 11) is 0. The fourth-order valence-corrected chi connectivity index (χ4v) is 3.27. The number of fused-ring (bicyclic) bond motifs is 1. The highest BCUT2D eigenvalue weighted by atomic mass is 19.1. The van der Waals surface area contributed by atoms with E-state index in [9.17, 15) is 9.18 Å². The number of carbonyl (C=O) groups excluding carboxylic acids is 1. The predicted molar refractivity (Wildman–Crippen MR) is 94.4 cm³/mol. The molecule has 8 heteroatoms. The first-order valence-corrected chi connectivity index (χ1v) is 8.54. The van der Waals surface area contributed by atoms with Crippen LogP contribution < -0.4 is 4.90 Å². The SMILES string of the molecule is Cc1cc(F)cc(CC(=O)N2CCN(c3ccc4nncn4n3)CC2)c1. The molecular weight excluding hydrogens is 335 g/mol. The van der Waals surface area contributed by atoms with Gasteiger partial charge in [0.05, 0.1) is 6.42 Å². The van der Waals surface area contributed by atoms with E-state index in [1.807, 2.05) is 30.0 Å². The Labute approximate surface area is 150 Å². The molecule has 0 unspecified atom stereocenters. The fraction of sp³-hybridized carbons (Fsp3) is 0.333. The molecule has 0 aliphatic carbocycles. The molecule has 0 spiro atoms. The van der Waals surface area contributed by atoms with E-state index in [4.69, 9.17) is 0 Å². The van der Waals surface area contributed by atoms with Gasteiger partial charge in [-0.15, -0.1) is 15.3 Å². The average Bonchev–Trinajstić information content (AvgIpc) is 3.08. The Morgan fingerprint density at radius 2 is 1.96 bits per heavy atom. The van der Waals surface area contributed by atoms with E-state index < -0.39 is 0 Å². The number of aryl methyl sites for hydroxylation is 1. The Hall–Kier alpha value is -3.03. The average molecular weight is 354 g/mol. The summed E-state index contributed by atoms with van der Waals surface area (Å²) in [6, 6.07) is 8.54. The van der Waals surface area contributed by atoms with Crippen LogP contribution in [-0.2, 0) is 11.2 Å². The molecule has 2 aromatic heterocycles. The van der Waals surface area contributed by atoms with Gasteiger partial charge in [0.15, 0.2) is 5.65 Å². The minimum atomic E-state index is -0.298. The molecule has 1 amide bonds. The quantitative estimate of drug-likeness (QED) is 0.712. The molecule has 1 fully saturated rings. The third-order valence-electron chi connectivity index (χ3n) is 4.56. The highest BCUT2D eigenvalue weighted by Crippen LogP contribution is 2.15. The summed E-state index contributed by atoms with van der Waals surface area (Å²) in [6.45, 7) is 4.47. The molecule has 0 saturated carbocycles. The molecule has 0 N–H and O–H groups in total. The highest BCUT2D eigenvalue weighted by Gasteiger charge is 2.22. The second kappa shape index (κ2) is 6.70. The number of halogens is 1. The van der Waals surface area contributed by atoms with Crippen LogP contribution in [-0.4, -0.2) is 56.8 Å². The first-order chi connectivity index (χ1) is 12.6. The maximum absolute atomic E-state index is 13.5. The van der Waals surface area contributed by atoms with Crippen molar-refractivity contribution in [2.45, 2.75) is 13.3 Å². The lowest BCUT2D eigenvalue weighted by molar-refractivity contribution is -0.130. The van der Waals surface area contributed by atoms with Crippen molar-refractivity contribution in [3.8, 4) is 0 Å². The van der Waals surface area contributed by atoms with E-state index in [0.717, 1.165) is 16.9 Å². The first kappa shape index (κ1) is 16.4. The van der Waals surface area contributed by atoms with E-state index >= 15 is 0 Å². The summed E-state index contributed by atoms with van der Waals surface area (Å²) in [4.78, 5) is 16.5.